The number of nitrogens with zero attached hydrogens (tertiary/aromatic N) is 4. The van der Waals surface area contributed by atoms with Crippen LogP contribution >= 0.6 is 11.6 Å². The fourth-order valence-electron chi connectivity index (χ4n) is 1.94. The first-order chi connectivity index (χ1) is 8.18. The maximum Gasteiger partial charge on any atom is 0.177 e. The van der Waals surface area contributed by atoms with Gasteiger partial charge in [-0.05, 0) is 12.1 Å². The van der Waals surface area contributed by atoms with Crippen molar-refractivity contribution in [2.75, 3.05) is 0 Å². The van der Waals surface area contributed by atoms with Crippen LogP contribution in [0.2, 0.25) is 5.15 Å². The monoisotopic (exact) mass is 246 g/mol. The molecule has 0 saturated carbocycles. The smallest absolute Gasteiger partial charge is 0.177 e. The van der Waals surface area contributed by atoms with E-state index in [-0.39, 0.29) is 0 Å². The average Bonchev–Trinajstić information content (AvgIpc) is 2.83. The van der Waals surface area contributed by atoms with Gasteiger partial charge in [0.1, 0.15) is 5.15 Å². The number of benzene rings is 1. The second-order valence-electron chi connectivity index (χ2n) is 3.95. The Morgan fingerprint density at radius 1 is 1.06 bits per heavy atom. The average molecular weight is 247 g/mol. The van der Waals surface area contributed by atoms with Crippen molar-refractivity contribution < 1.29 is 0 Å². The Labute approximate surface area is 103 Å². The quantitative estimate of drug-likeness (QED) is 0.662. The summed E-state index contributed by atoms with van der Waals surface area (Å²) in [5, 5.41) is 0.604. The summed E-state index contributed by atoms with van der Waals surface area (Å²) in [6, 6.07) is 8.00. The van der Waals surface area contributed by atoms with Gasteiger partial charge >= 0.3 is 0 Å². The molecule has 0 N–H and O–H groups in total. The van der Waals surface area contributed by atoms with Crippen molar-refractivity contribution in [1.82, 2.24) is 19.1 Å². The first-order valence-electron chi connectivity index (χ1n) is 5.27. The van der Waals surface area contributed by atoms with Gasteiger partial charge in [-0.2, -0.15) is 0 Å². The summed E-state index contributed by atoms with van der Waals surface area (Å²) in [4.78, 5) is 8.87. The number of rotatable bonds is 1. The molecule has 2 heterocycles. The maximum atomic E-state index is 5.99. The molecular formula is C12H11ClN4. The number of hydrogen-bond donors (Lipinski definition) is 0. The third-order valence-electron chi connectivity index (χ3n) is 2.92. The molecule has 17 heavy (non-hydrogen) atoms. The lowest BCUT2D eigenvalue weighted by Gasteiger charge is -2.02. The Bertz CT molecular complexity index is 696. The standard InChI is InChI=1S/C12H11ClN4/c1-16-9-6-4-3-5-8(9)15-12(16)11-14-7-10(13)17(11)2/h3-7H,1-2H3. The Morgan fingerprint density at radius 2 is 1.82 bits per heavy atom. The lowest BCUT2D eigenvalue weighted by molar-refractivity contribution is 0.874. The van der Waals surface area contributed by atoms with Crippen LogP contribution < -0.4 is 0 Å². The highest BCUT2D eigenvalue weighted by atomic mass is 35.5. The van der Waals surface area contributed by atoms with E-state index in [9.17, 15) is 0 Å². The highest BCUT2D eigenvalue weighted by Crippen LogP contribution is 2.24. The number of para-hydroxylation sites is 2. The number of aryl methyl sites for hydroxylation is 1. The Hall–Kier alpha value is -1.81. The summed E-state index contributed by atoms with van der Waals surface area (Å²) in [5.74, 6) is 1.59. The number of halogens is 1. The van der Waals surface area contributed by atoms with E-state index in [1.165, 1.54) is 0 Å². The van der Waals surface area contributed by atoms with Gasteiger partial charge in [0, 0.05) is 14.1 Å². The van der Waals surface area contributed by atoms with Crippen molar-refractivity contribution in [2.24, 2.45) is 14.1 Å². The summed E-state index contributed by atoms with van der Waals surface area (Å²) in [7, 11) is 3.86. The van der Waals surface area contributed by atoms with Crippen molar-refractivity contribution in [1.29, 1.82) is 0 Å². The lowest BCUT2D eigenvalue weighted by Crippen LogP contribution is -1.99. The minimum Gasteiger partial charge on any atom is -0.324 e. The van der Waals surface area contributed by atoms with Crippen LogP contribution in [0.25, 0.3) is 22.7 Å². The zero-order valence-electron chi connectivity index (χ0n) is 9.55. The van der Waals surface area contributed by atoms with Crippen molar-refractivity contribution in [3.63, 3.8) is 0 Å². The van der Waals surface area contributed by atoms with E-state index in [1.807, 2.05) is 47.5 Å². The summed E-state index contributed by atoms with van der Waals surface area (Å²) in [5.41, 5.74) is 2.05. The first-order valence-corrected chi connectivity index (χ1v) is 5.65. The van der Waals surface area contributed by atoms with Crippen LogP contribution in [-0.2, 0) is 14.1 Å². The Morgan fingerprint density at radius 3 is 2.47 bits per heavy atom. The van der Waals surface area contributed by atoms with Gasteiger partial charge in [-0.1, -0.05) is 23.7 Å². The fraction of sp³-hybridized carbons (Fsp3) is 0.167. The van der Waals surface area contributed by atoms with Gasteiger partial charge in [-0.15, -0.1) is 0 Å². The molecule has 0 aliphatic heterocycles. The summed E-state index contributed by atoms with van der Waals surface area (Å²) in [6.07, 6.45) is 1.64. The summed E-state index contributed by atoms with van der Waals surface area (Å²) in [6.45, 7) is 0. The predicted molar refractivity (Wildman–Crippen MR) is 67.9 cm³/mol. The second-order valence-corrected chi connectivity index (χ2v) is 4.33. The van der Waals surface area contributed by atoms with E-state index in [0.717, 1.165) is 22.7 Å². The summed E-state index contributed by atoms with van der Waals surface area (Å²) >= 11 is 5.99. The molecule has 1 aromatic carbocycles. The fourth-order valence-corrected chi connectivity index (χ4v) is 2.07. The molecule has 0 bridgehead atoms. The molecule has 5 heteroatoms. The van der Waals surface area contributed by atoms with E-state index in [1.54, 1.807) is 6.20 Å². The molecule has 0 unspecified atom stereocenters. The van der Waals surface area contributed by atoms with Crippen molar-refractivity contribution in [3.8, 4) is 11.6 Å². The number of fused-ring (bicyclic) bond motifs is 1. The van der Waals surface area contributed by atoms with Gasteiger partial charge in [-0.3, -0.25) is 0 Å². The van der Waals surface area contributed by atoms with Gasteiger partial charge in [0.15, 0.2) is 11.6 Å². The zero-order chi connectivity index (χ0) is 12.0. The van der Waals surface area contributed by atoms with Gasteiger partial charge in [-0.25, -0.2) is 9.97 Å². The van der Waals surface area contributed by atoms with Gasteiger partial charge < -0.3 is 9.13 Å². The molecule has 0 radical (unpaired) electrons. The van der Waals surface area contributed by atoms with E-state index in [4.69, 9.17) is 11.6 Å². The van der Waals surface area contributed by atoms with Gasteiger partial charge in [0.05, 0.1) is 17.2 Å². The minimum atomic E-state index is 0.604. The van der Waals surface area contributed by atoms with Crippen molar-refractivity contribution >= 4 is 22.6 Å². The molecule has 0 amide bonds. The largest absolute Gasteiger partial charge is 0.324 e. The molecule has 0 atom stereocenters. The molecule has 2 aromatic heterocycles. The molecule has 0 fully saturated rings. The molecule has 3 rings (SSSR count). The third kappa shape index (κ3) is 1.45. The van der Waals surface area contributed by atoms with Crippen LogP contribution in [0.5, 0.6) is 0 Å². The topological polar surface area (TPSA) is 35.6 Å². The van der Waals surface area contributed by atoms with E-state index < -0.39 is 0 Å². The molecule has 0 aliphatic carbocycles. The molecule has 0 aliphatic rings. The third-order valence-corrected chi connectivity index (χ3v) is 3.27. The molecule has 3 aromatic rings. The SMILES string of the molecule is Cn1c(Cl)cnc1-c1nc2ccccc2n1C. The van der Waals surface area contributed by atoms with Crippen LogP contribution in [0.1, 0.15) is 0 Å². The zero-order valence-corrected chi connectivity index (χ0v) is 10.3. The van der Waals surface area contributed by atoms with Crippen molar-refractivity contribution in [2.45, 2.75) is 0 Å². The van der Waals surface area contributed by atoms with E-state index >= 15 is 0 Å². The Balaban J connectivity index is 2.31. The lowest BCUT2D eigenvalue weighted by atomic mass is 10.3. The highest BCUT2D eigenvalue weighted by Gasteiger charge is 2.14. The first kappa shape index (κ1) is 10.4. The number of hydrogen-bond acceptors (Lipinski definition) is 2. The normalized spacial score (nSPS) is 11.2. The second kappa shape index (κ2) is 3.60. The molecule has 86 valence electrons. The van der Waals surface area contributed by atoms with Crippen molar-refractivity contribution in [3.05, 3.63) is 35.6 Å². The van der Waals surface area contributed by atoms with Crippen LogP contribution in [0.15, 0.2) is 30.5 Å². The van der Waals surface area contributed by atoms with Gasteiger partial charge in [0.25, 0.3) is 0 Å². The molecule has 0 saturated heterocycles. The van der Waals surface area contributed by atoms with Crippen LogP contribution in [0.4, 0.5) is 0 Å². The molecular weight excluding hydrogens is 236 g/mol. The molecule has 4 nitrogen and oxygen atoms in total. The minimum absolute atomic E-state index is 0.604. The Kier molecular flexibility index (Phi) is 2.19. The van der Waals surface area contributed by atoms with Crippen LogP contribution in [0.3, 0.4) is 0 Å². The highest BCUT2D eigenvalue weighted by molar-refractivity contribution is 6.29. The molecule has 0 spiro atoms. The van der Waals surface area contributed by atoms with Gasteiger partial charge in [0.2, 0.25) is 0 Å². The van der Waals surface area contributed by atoms with Crippen LogP contribution in [0, 0.1) is 0 Å². The number of imidazole rings is 2. The van der Waals surface area contributed by atoms with E-state index in [2.05, 4.69) is 9.97 Å². The van der Waals surface area contributed by atoms with E-state index in [0.29, 0.717) is 5.15 Å². The summed E-state index contributed by atoms with van der Waals surface area (Å²) < 4.78 is 3.84. The maximum absolute atomic E-state index is 5.99. The predicted octanol–water partition coefficient (Wildman–Crippen LogP) is 2.63. The number of aromatic nitrogens is 4. The van der Waals surface area contributed by atoms with Crippen LogP contribution in [-0.4, -0.2) is 19.1 Å².